The summed E-state index contributed by atoms with van der Waals surface area (Å²) in [5, 5.41) is 0. The van der Waals surface area contributed by atoms with E-state index < -0.39 is 6.17 Å². The maximum atomic E-state index is 12.8. The zero-order chi connectivity index (χ0) is 9.14. The summed E-state index contributed by atoms with van der Waals surface area (Å²) in [6, 6.07) is 6.65. The summed E-state index contributed by atoms with van der Waals surface area (Å²) in [4.78, 5) is 10.9. The highest BCUT2D eigenvalue weighted by atomic mass is 19.1. The summed E-state index contributed by atoms with van der Waals surface area (Å²) in [5.74, 6) is -0.0301. The third-order valence-corrected chi connectivity index (χ3v) is 1.75. The molecule has 1 atom stereocenters. The average molecular weight is 166 g/mol. The topological polar surface area (TPSA) is 17.1 Å². The molecule has 0 fully saturated rings. The lowest BCUT2D eigenvalue weighted by Crippen LogP contribution is -1.94. The molecule has 0 N–H and O–H groups in total. The van der Waals surface area contributed by atoms with E-state index in [2.05, 4.69) is 0 Å². The van der Waals surface area contributed by atoms with Crippen LogP contribution in [0.2, 0.25) is 0 Å². The number of alkyl halides is 1. The predicted molar refractivity (Wildman–Crippen MR) is 46.0 cm³/mol. The summed E-state index contributed by atoms with van der Waals surface area (Å²) in [6.07, 6.45) is -1.01. The largest absolute Gasteiger partial charge is 0.295 e. The van der Waals surface area contributed by atoms with E-state index >= 15 is 0 Å². The van der Waals surface area contributed by atoms with Gasteiger partial charge in [-0.2, -0.15) is 0 Å². The van der Waals surface area contributed by atoms with E-state index in [1.165, 1.54) is 13.8 Å². The van der Waals surface area contributed by atoms with Gasteiger partial charge in [0.05, 0.1) is 0 Å². The smallest absolute Gasteiger partial charge is 0.159 e. The lowest BCUT2D eigenvalue weighted by atomic mass is 10.1. The second kappa shape index (κ2) is 3.48. The second-order valence-electron chi connectivity index (χ2n) is 2.80. The molecule has 0 saturated carbocycles. The van der Waals surface area contributed by atoms with Crippen LogP contribution in [-0.4, -0.2) is 5.78 Å². The Labute approximate surface area is 71.2 Å². The Morgan fingerprint density at radius 3 is 2.67 bits per heavy atom. The number of ketones is 1. The molecule has 64 valence electrons. The molecule has 0 heterocycles. The highest BCUT2D eigenvalue weighted by Gasteiger charge is 2.04. The minimum atomic E-state index is -1.01. The van der Waals surface area contributed by atoms with Gasteiger partial charge < -0.3 is 0 Å². The van der Waals surface area contributed by atoms with E-state index in [9.17, 15) is 9.18 Å². The Morgan fingerprint density at radius 2 is 2.17 bits per heavy atom. The number of hydrogen-bond acceptors (Lipinski definition) is 1. The van der Waals surface area contributed by atoms with E-state index in [0.29, 0.717) is 11.1 Å². The van der Waals surface area contributed by atoms with Gasteiger partial charge in [0.25, 0.3) is 0 Å². The number of carbonyl (C=O) groups excluding carboxylic acids is 1. The first-order chi connectivity index (χ1) is 5.61. The number of carbonyl (C=O) groups is 1. The summed E-state index contributed by atoms with van der Waals surface area (Å²) in [7, 11) is 0. The highest BCUT2D eigenvalue weighted by Crippen LogP contribution is 2.17. The van der Waals surface area contributed by atoms with Crippen LogP contribution >= 0.6 is 0 Å². The Hall–Kier alpha value is -1.18. The van der Waals surface area contributed by atoms with Crippen molar-refractivity contribution in [1.82, 2.24) is 0 Å². The van der Waals surface area contributed by atoms with E-state index in [4.69, 9.17) is 0 Å². The van der Waals surface area contributed by atoms with Gasteiger partial charge in [0.15, 0.2) is 5.78 Å². The molecular formula is C10H11FO. The first-order valence-corrected chi connectivity index (χ1v) is 3.86. The van der Waals surface area contributed by atoms with Crippen molar-refractivity contribution in [3.63, 3.8) is 0 Å². The van der Waals surface area contributed by atoms with Gasteiger partial charge >= 0.3 is 0 Å². The monoisotopic (exact) mass is 166 g/mol. The van der Waals surface area contributed by atoms with Gasteiger partial charge in [-0.1, -0.05) is 18.2 Å². The molecule has 0 amide bonds. The summed E-state index contributed by atoms with van der Waals surface area (Å²) in [5.41, 5.74) is 1.12. The molecule has 0 radical (unpaired) electrons. The van der Waals surface area contributed by atoms with Crippen LogP contribution in [0.3, 0.4) is 0 Å². The Kier molecular flexibility index (Phi) is 2.58. The molecule has 0 aliphatic carbocycles. The molecule has 1 rings (SSSR count). The van der Waals surface area contributed by atoms with Crippen molar-refractivity contribution >= 4 is 5.78 Å². The third kappa shape index (κ3) is 1.91. The Morgan fingerprint density at radius 1 is 1.50 bits per heavy atom. The first kappa shape index (κ1) is 8.91. The molecule has 0 aliphatic rings. The molecule has 1 aromatic rings. The van der Waals surface area contributed by atoms with Crippen LogP contribution < -0.4 is 0 Å². The fourth-order valence-electron chi connectivity index (χ4n) is 1.01. The van der Waals surface area contributed by atoms with Gasteiger partial charge in [0.1, 0.15) is 6.17 Å². The Balaban J connectivity index is 3.04. The van der Waals surface area contributed by atoms with Crippen molar-refractivity contribution in [1.29, 1.82) is 0 Å². The van der Waals surface area contributed by atoms with Crippen molar-refractivity contribution in [2.24, 2.45) is 0 Å². The van der Waals surface area contributed by atoms with Crippen LogP contribution in [0.15, 0.2) is 24.3 Å². The molecule has 1 nitrogen and oxygen atoms in total. The normalized spacial score (nSPS) is 12.6. The molecule has 12 heavy (non-hydrogen) atoms. The van der Waals surface area contributed by atoms with Gasteiger partial charge in [0.2, 0.25) is 0 Å². The first-order valence-electron chi connectivity index (χ1n) is 3.86. The fourth-order valence-corrected chi connectivity index (χ4v) is 1.01. The number of Topliss-reactive ketones (excluding diaryl/α,β-unsaturated/α-hetero) is 1. The van der Waals surface area contributed by atoms with E-state index in [0.717, 1.165) is 0 Å². The minimum Gasteiger partial charge on any atom is -0.295 e. The van der Waals surface area contributed by atoms with Gasteiger partial charge in [-0.15, -0.1) is 0 Å². The van der Waals surface area contributed by atoms with Gasteiger partial charge in [-0.3, -0.25) is 4.79 Å². The van der Waals surface area contributed by atoms with Crippen LogP contribution in [0.4, 0.5) is 4.39 Å². The second-order valence-corrected chi connectivity index (χ2v) is 2.80. The molecular weight excluding hydrogens is 155 g/mol. The summed E-state index contributed by atoms with van der Waals surface area (Å²) < 4.78 is 12.8. The SMILES string of the molecule is CC(=O)c1cccc(C(C)F)c1. The molecule has 1 unspecified atom stereocenters. The van der Waals surface area contributed by atoms with Gasteiger partial charge in [-0.25, -0.2) is 4.39 Å². The van der Waals surface area contributed by atoms with E-state index in [1.807, 2.05) is 0 Å². The molecule has 0 aromatic heterocycles. The number of hydrogen-bond donors (Lipinski definition) is 0. The van der Waals surface area contributed by atoms with Crippen molar-refractivity contribution in [3.05, 3.63) is 35.4 Å². The molecule has 0 bridgehead atoms. The lowest BCUT2D eigenvalue weighted by Gasteiger charge is -2.02. The highest BCUT2D eigenvalue weighted by molar-refractivity contribution is 5.94. The number of rotatable bonds is 2. The third-order valence-electron chi connectivity index (χ3n) is 1.75. The predicted octanol–water partition coefficient (Wildman–Crippen LogP) is 2.92. The van der Waals surface area contributed by atoms with Crippen LogP contribution in [-0.2, 0) is 0 Å². The zero-order valence-corrected chi connectivity index (χ0v) is 7.17. The van der Waals surface area contributed by atoms with Crippen molar-refractivity contribution in [2.75, 3.05) is 0 Å². The lowest BCUT2D eigenvalue weighted by molar-refractivity contribution is 0.101. The van der Waals surface area contributed by atoms with E-state index in [-0.39, 0.29) is 5.78 Å². The van der Waals surface area contributed by atoms with Crippen molar-refractivity contribution in [2.45, 2.75) is 20.0 Å². The van der Waals surface area contributed by atoms with Crippen LogP contribution in [0.1, 0.15) is 35.9 Å². The van der Waals surface area contributed by atoms with Crippen LogP contribution in [0, 0.1) is 0 Å². The van der Waals surface area contributed by atoms with Gasteiger partial charge in [-0.05, 0) is 25.5 Å². The van der Waals surface area contributed by atoms with Crippen molar-refractivity contribution in [3.8, 4) is 0 Å². The molecule has 0 saturated heterocycles. The van der Waals surface area contributed by atoms with Crippen LogP contribution in [0.5, 0.6) is 0 Å². The summed E-state index contributed by atoms with van der Waals surface area (Å²) in [6.45, 7) is 2.93. The maximum Gasteiger partial charge on any atom is 0.159 e. The maximum absolute atomic E-state index is 12.8. The van der Waals surface area contributed by atoms with Crippen molar-refractivity contribution < 1.29 is 9.18 Å². The number of halogens is 1. The molecule has 1 aromatic carbocycles. The molecule has 0 spiro atoms. The average Bonchev–Trinajstić information content (AvgIpc) is 2.04. The fraction of sp³-hybridized carbons (Fsp3) is 0.300. The Bertz CT molecular complexity index is 292. The number of benzene rings is 1. The quantitative estimate of drug-likeness (QED) is 0.617. The van der Waals surface area contributed by atoms with Gasteiger partial charge in [0, 0.05) is 5.56 Å². The molecule has 2 heteroatoms. The van der Waals surface area contributed by atoms with E-state index in [1.54, 1.807) is 24.3 Å². The minimum absolute atomic E-state index is 0.0301. The summed E-state index contributed by atoms with van der Waals surface area (Å²) >= 11 is 0. The van der Waals surface area contributed by atoms with Crippen LogP contribution in [0.25, 0.3) is 0 Å². The molecule has 0 aliphatic heterocycles. The standard InChI is InChI=1S/C10H11FO/c1-7(11)9-4-3-5-10(6-9)8(2)12/h3-7H,1-2H3. The zero-order valence-electron chi connectivity index (χ0n) is 7.17.